The van der Waals surface area contributed by atoms with Gasteiger partial charge in [0.2, 0.25) is 5.91 Å². The first-order valence-corrected chi connectivity index (χ1v) is 6.83. The lowest BCUT2D eigenvalue weighted by Gasteiger charge is -2.47. The molecule has 2 N–H and O–H groups in total. The van der Waals surface area contributed by atoms with Gasteiger partial charge in [0, 0.05) is 31.2 Å². The van der Waals surface area contributed by atoms with Crippen molar-refractivity contribution in [3.05, 3.63) is 0 Å². The average molecular weight is 240 g/mol. The lowest BCUT2D eigenvalue weighted by atomic mass is 9.82. The second-order valence-electron chi connectivity index (χ2n) is 5.47. The smallest absolute Gasteiger partial charge is 0.220 e. The predicted octanol–water partition coefficient (Wildman–Crippen LogP) is 0.890. The van der Waals surface area contributed by atoms with E-state index in [1.54, 1.807) is 0 Å². The maximum atomic E-state index is 11.6. The highest BCUT2D eigenvalue weighted by Crippen LogP contribution is 2.32. The largest absolute Gasteiger partial charge is 0.396 e. The zero-order valence-corrected chi connectivity index (χ0v) is 10.7. The molecule has 2 heterocycles. The molecular weight excluding hydrogens is 216 g/mol. The van der Waals surface area contributed by atoms with Crippen LogP contribution < -0.4 is 5.32 Å². The molecule has 17 heavy (non-hydrogen) atoms. The maximum absolute atomic E-state index is 11.6. The van der Waals surface area contributed by atoms with Gasteiger partial charge in [0.15, 0.2) is 0 Å². The molecule has 0 saturated carbocycles. The van der Waals surface area contributed by atoms with Crippen molar-refractivity contribution in [3.8, 4) is 0 Å². The van der Waals surface area contributed by atoms with E-state index in [0.29, 0.717) is 31.0 Å². The van der Waals surface area contributed by atoms with Crippen molar-refractivity contribution in [1.29, 1.82) is 0 Å². The van der Waals surface area contributed by atoms with E-state index < -0.39 is 0 Å². The Morgan fingerprint density at radius 1 is 1.35 bits per heavy atom. The van der Waals surface area contributed by atoms with Crippen molar-refractivity contribution in [3.63, 3.8) is 0 Å². The number of aliphatic hydroxyl groups is 1. The van der Waals surface area contributed by atoms with Crippen LogP contribution in [0.1, 0.15) is 44.9 Å². The summed E-state index contributed by atoms with van der Waals surface area (Å²) in [5.41, 5.74) is 0. The summed E-state index contributed by atoms with van der Waals surface area (Å²) in [6, 6.07) is 1.67. The molecule has 4 heteroatoms. The molecule has 2 bridgehead atoms. The lowest BCUT2D eigenvalue weighted by molar-refractivity contribution is -0.122. The van der Waals surface area contributed by atoms with Gasteiger partial charge in [0.1, 0.15) is 0 Å². The number of aliphatic hydroxyl groups excluding tert-OH is 1. The Morgan fingerprint density at radius 2 is 2.00 bits per heavy atom. The molecule has 0 radical (unpaired) electrons. The molecule has 0 aliphatic carbocycles. The summed E-state index contributed by atoms with van der Waals surface area (Å²) >= 11 is 0. The molecule has 2 fully saturated rings. The van der Waals surface area contributed by atoms with Crippen LogP contribution in [0.4, 0.5) is 0 Å². The number of hydrogen-bond acceptors (Lipinski definition) is 3. The minimum Gasteiger partial charge on any atom is -0.396 e. The summed E-state index contributed by atoms with van der Waals surface area (Å²) < 4.78 is 0. The molecule has 2 aliphatic heterocycles. The SMILES string of the molecule is CN1C2CCCC1CC(NC(=O)CCCO)C2. The van der Waals surface area contributed by atoms with Gasteiger partial charge in [0.25, 0.3) is 0 Å². The number of nitrogens with one attached hydrogen (secondary N) is 1. The summed E-state index contributed by atoms with van der Waals surface area (Å²) in [7, 11) is 2.22. The van der Waals surface area contributed by atoms with E-state index in [2.05, 4.69) is 17.3 Å². The molecule has 2 atom stereocenters. The Bertz CT molecular complexity index is 256. The molecule has 0 aromatic carbocycles. The van der Waals surface area contributed by atoms with Gasteiger partial charge in [0.05, 0.1) is 0 Å². The summed E-state index contributed by atoms with van der Waals surface area (Å²) in [6.45, 7) is 0.103. The summed E-state index contributed by atoms with van der Waals surface area (Å²) in [5.74, 6) is 0.103. The van der Waals surface area contributed by atoms with Gasteiger partial charge >= 0.3 is 0 Å². The molecule has 0 aromatic heterocycles. The molecule has 1 amide bonds. The van der Waals surface area contributed by atoms with Gasteiger partial charge < -0.3 is 15.3 Å². The first-order valence-electron chi connectivity index (χ1n) is 6.83. The molecular formula is C13H24N2O2. The average Bonchev–Trinajstić information content (AvgIpc) is 2.28. The van der Waals surface area contributed by atoms with Crippen molar-refractivity contribution in [1.82, 2.24) is 10.2 Å². The quantitative estimate of drug-likeness (QED) is 0.767. The van der Waals surface area contributed by atoms with Crippen LogP contribution in [0.15, 0.2) is 0 Å². The van der Waals surface area contributed by atoms with E-state index >= 15 is 0 Å². The van der Waals surface area contributed by atoms with Crippen LogP contribution in [0.5, 0.6) is 0 Å². The van der Waals surface area contributed by atoms with Crippen LogP contribution in [-0.4, -0.2) is 47.7 Å². The Balaban J connectivity index is 1.81. The van der Waals surface area contributed by atoms with Gasteiger partial charge in [-0.15, -0.1) is 0 Å². The monoisotopic (exact) mass is 240 g/mol. The Kier molecular flexibility index (Phi) is 4.40. The van der Waals surface area contributed by atoms with E-state index in [9.17, 15) is 4.79 Å². The van der Waals surface area contributed by atoms with Gasteiger partial charge in [-0.3, -0.25) is 4.79 Å². The number of hydrogen-bond donors (Lipinski definition) is 2. The standard InChI is InChI=1S/C13H24N2O2/c1-15-11-4-2-5-12(15)9-10(8-11)14-13(17)6-3-7-16/h10-12,16H,2-9H2,1H3,(H,14,17). The number of carbonyl (C=O) groups is 1. The minimum absolute atomic E-state index is 0.103. The molecule has 2 saturated heterocycles. The molecule has 2 unspecified atom stereocenters. The second kappa shape index (κ2) is 5.83. The van der Waals surface area contributed by atoms with Crippen molar-refractivity contribution >= 4 is 5.91 Å². The normalized spacial score (nSPS) is 33.4. The van der Waals surface area contributed by atoms with Crippen LogP contribution in [0.25, 0.3) is 0 Å². The number of carbonyl (C=O) groups excluding carboxylic acids is 1. The van der Waals surface area contributed by atoms with Crippen LogP contribution in [0.2, 0.25) is 0 Å². The van der Waals surface area contributed by atoms with Crippen molar-refractivity contribution < 1.29 is 9.90 Å². The highest BCUT2D eigenvalue weighted by molar-refractivity contribution is 5.76. The number of nitrogens with zero attached hydrogens (tertiary/aromatic N) is 1. The van der Waals surface area contributed by atoms with Crippen LogP contribution in [0.3, 0.4) is 0 Å². The summed E-state index contributed by atoms with van der Waals surface area (Å²) in [6.07, 6.45) is 7.11. The van der Waals surface area contributed by atoms with E-state index in [1.807, 2.05) is 0 Å². The zero-order valence-electron chi connectivity index (χ0n) is 10.7. The van der Waals surface area contributed by atoms with Crippen LogP contribution in [0, 0.1) is 0 Å². The lowest BCUT2D eigenvalue weighted by Crippen LogP contribution is -2.55. The first-order chi connectivity index (χ1) is 8.20. The number of piperidine rings is 2. The van der Waals surface area contributed by atoms with E-state index in [4.69, 9.17) is 5.11 Å². The Labute approximate surface area is 103 Å². The van der Waals surface area contributed by atoms with Gasteiger partial charge in [-0.1, -0.05) is 6.42 Å². The van der Waals surface area contributed by atoms with Crippen molar-refractivity contribution in [2.75, 3.05) is 13.7 Å². The van der Waals surface area contributed by atoms with Crippen molar-refractivity contribution in [2.45, 2.75) is 63.1 Å². The summed E-state index contributed by atoms with van der Waals surface area (Å²) in [5, 5.41) is 11.8. The Morgan fingerprint density at radius 3 is 2.59 bits per heavy atom. The van der Waals surface area contributed by atoms with Gasteiger partial charge in [-0.25, -0.2) is 0 Å². The highest BCUT2D eigenvalue weighted by Gasteiger charge is 2.36. The first kappa shape index (κ1) is 12.8. The fourth-order valence-corrected chi connectivity index (χ4v) is 3.27. The number of fused-ring (bicyclic) bond motifs is 2. The maximum Gasteiger partial charge on any atom is 0.220 e. The summed E-state index contributed by atoms with van der Waals surface area (Å²) in [4.78, 5) is 14.1. The topological polar surface area (TPSA) is 52.6 Å². The molecule has 0 aromatic rings. The third-order valence-electron chi connectivity index (χ3n) is 4.27. The second-order valence-corrected chi connectivity index (χ2v) is 5.47. The Hall–Kier alpha value is -0.610. The fraction of sp³-hybridized carbons (Fsp3) is 0.923. The van der Waals surface area contributed by atoms with Crippen LogP contribution >= 0.6 is 0 Å². The molecule has 4 nitrogen and oxygen atoms in total. The number of amides is 1. The fourth-order valence-electron chi connectivity index (χ4n) is 3.27. The third-order valence-corrected chi connectivity index (χ3v) is 4.27. The minimum atomic E-state index is 0.103. The number of rotatable bonds is 4. The zero-order chi connectivity index (χ0) is 12.3. The van der Waals surface area contributed by atoms with Gasteiger partial charge in [-0.2, -0.15) is 0 Å². The van der Waals surface area contributed by atoms with Gasteiger partial charge in [-0.05, 0) is 39.2 Å². The molecule has 2 aliphatic rings. The third kappa shape index (κ3) is 3.19. The molecule has 2 rings (SSSR count). The van der Waals surface area contributed by atoms with Crippen molar-refractivity contribution in [2.24, 2.45) is 0 Å². The highest BCUT2D eigenvalue weighted by atomic mass is 16.3. The van der Waals surface area contributed by atoms with E-state index in [0.717, 1.165) is 12.8 Å². The molecule has 98 valence electrons. The predicted molar refractivity (Wildman–Crippen MR) is 66.7 cm³/mol. The van der Waals surface area contributed by atoms with E-state index in [-0.39, 0.29) is 12.5 Å². The molecule has 0 spiro atoms. The van der Waals surface area contributed by atoms with E-state index in [1.165, 1.54) is 19.3 Å². The van der Waals surface area contributed by atoms with Crippen LogP contribution in [-0.2, 0) is 4.79 Å².